The number of hydrogen-bond acceptors (Lipinski definition) is 3. The molecule has 0 aliphatic rings. The smallest absolute Gasteiger partial charge is 0.325 e. The molecule has 20 heavy (non-hydrogen) atoms. The van der Waals surface area contributed by atoms with E-state index in [0.29, 0.717) is 0 Å². The van der Waals surface area contributed by atoms with Crippen LogP contribution in [0.1, 0.15) is 17.2 Å². The zero-order chi connectivity index (χ0) is 14.5. The van der Waals surface area contributed by atoms with Crippen LogP contribution in [0.2, 0.25) is 0 Å². The standard InChI is InChI=1S/C15H14FNO3/c16-12-8-11(14(17)15(18)19)6-7-13(12)20-9-10-4-2-1-3-5-10/h1-8,14H,9,17H2,(H,18,19). The van der Waals surface area contributed by atoms with Crippen LogP contribution in [0, 0.1) is 5.82 Å². The lowest BCUT2D eigenvalue weighted by molar-refractivity contribution is -0.138. The van der Waals surface area contributed by atoms with Gasteiger partial charge in [-0.3, -0.25) is 4.79 Å². The summed E-state index contributed by atoms with van der Waals surface area (Å²) in [7, 11) is 0. The van der Waals surface area contributed by atoms with Gasteiger partial charge in [-0.2, -0.15) is 0 Å². The summed E-state index contributed by atoms with van der Waals surface area (Å²) in [5.41, 5.74) is 6.53. The van der Waals surface area contributed by atoms with Crippen molar-refractivity contribution in [2.75, 3.05) is 0 Å². The number of ether oxygens (including phenoxy) is 1. The van der Waals surface area contributed by atoms with Crippen molar-refractivity contribution in [1.29, 1.82) is 0 Å². The Labute approximate surface area is 115 Å². The van der Waals surface area contributed by atoms with Gasteiger partial charge >= 0.3 is 5.97 Å². The highest BCUT2D eigenvalue weighted by atomic mass is 19.1. The third kappa shape index (κ3) is 3.33. The Hall–Kier alpha value is -2.40. The van der Waals surface area contributed by atoms with Crippen LogP contribution < -0.4 is 10.5 Å². The summed E-state index contributed by atoms with van der Waals surface area (Å²) in [4.78, 5) is 10.7. The van der Waals surface area contributed by atoms with E-state index < -0.39 is 17.8 Å². The van der Waals surface area contributed by atoms with Crippen LogP contribution >= 0.6 is 0 Å². The van der Waals surface area contributed by atoms with E-state index in [-0.39, 0.29) is 17.9 Å². The number of nitrogens with two attached hydrogens (primary N) is 1. The number of benzene rings is 2. The molecule has 1 unspecified atom stereocenters. The highest BCUT2D eigenvalue weighted by molar-refractivity contribution is 5.75. The topological polar surface area (TPSA) is 72.6 Å². The molecule has 0 saturated carbocycles. The second kappa shape index (κ2) is 6.16. The van der Waals surface area contributed by atoms with E-state index in [9.17, 15) is 9.18 Å². The van der Waals surface area contributed by atoms with Crippen LogP contribution in [-0.4, -0.2) is 11.1 Å². The molecule has 1 atom stereocenters. The molecule has 104 valence electrons. The van der Waals surface area contributed by atoms with Gasteiger partial charge in [-0.25, -0.2) is 4.39 Å². The molecular weight excluding hydrogens is 261 g/mol. The second-order valence-electron chi connectivity index (χ2n) is 4.28. The highest BCUT2D eigenvalue weighted by Crippen LogP contribution is 2.22. The van der Waals surface area contributed by atoms with Gasteiger partial charge in [-0.05, 0) is 23.3 Å². The Bertz CT molecular complexity index is 601. The van der Waals surface area contributed by atoms with Crippen LogP contribution in [0.5, 0.6) is 5.75 Å². The van der Waals surface area contributed by atoms with Gasteiger partial charge in [0.2, 0.25) is 0 Å². The molecule has 2 aromatic rings. The van der Waals surface area contributed by atoms with Crippen molar-refractivity contribution < 1.29 is 19.0 Å². The van der Waals surface area contributed by atoms with E-state index in [1.54, 1.807) is 0 Å². The maximum absolute atomic E-state index is 13.8. The van der Waals surface area contributed by atoms with E-state index in [1.807, 2.05) is 30.3 Å². The Morgan fingerprint density at radius 1 is 1.25 bits per heavy atom. The third-order valence-corrected chi connectivity index (χ3v) is 2.82. The fourth-order valence-electron chi connectivity index (χ4n) is 1.71. The first kappa shape index (κ1) is 14.0. The van der Waals surface area contributed by atoms with Crippen molar-refractivity contribution in [3.63, 3.8) is 0 Å². The van der Waals surface area contributed by atoms with E-state index in [1.165, 1.54) is 12.1 Å². The van der Waals surface area contributed by atoms with Gasteiger partial charge in [0.25, 0.3) is 0 Å². The first-order chi connectivity index (χ1) is 9.58. The monoisotopic (exact) mass is 275 g/mol. The zero-order valence-electron chi connectivity index (χ0n) is 10.6. The molecule has 0 fully saturated rings. The van der Waals surface area contributed by atoms with E-state index in [4.69, 9.17) is 15.6 Å². The molecule has 0 aliphatic carbocycles. The lowest BCUT2D eigenvalue weighted by Crippen LogP contribution is -2.20. The van der Waals surface area contributed by atoms with Crippen LogP contribution in [0.4, 0.5) is 4.39 Å². The van der Waals surface area contributed by atoms with Crippen LogP contribution in [0.3, 0.4) is 0 Å². The Morgan fingerprint density at radius 2 is 1.95 bits per heavy atom. The fourth-order valence-corrected chi connectivity index (χ4v) is 1.71. The number of rotatable bonds is 5. The molecule has 2 aromatic carbocycles. The second-order valence-corrected chi connectivity index (χ2v) is 4.28. The molecule has 4 nitrogen and oxygen atoms in total. The minimum Gasteiger partial charge on any atom is -0.486 e. The number of carbonyl (C=O) groups is 1. The molecule has 3 N–H and O–H groups in total. The van der Waals surface area contributed by atoms with E-state index in [2.05, 4.69) is 0 Å². The number of hydrogen-bond donors (Lipinski definition) is 2. The summed E-state index contributed by atoms with van der Waals surface area (Å²) in [5.74, 6) is -1.77. The lowest BCUT2D eigenvalue weighted by Gasteiger charge is -2.10. The summed E-state index contributed by atoms with van der Waals surface area (Å²) >= 11 is 0. The maximum Gasteiger partial charge on any atom is 0.325 e. The minimum absolute atomic E-state index is 0.0650. The molecule has 0 spiro atoms. The van der Waals surface area contributed by atoms with Gasteiger partial charge in [0, 0.05) is 0 Å². The van der Waals surface area contributed by atoms with Gasteiger partial charge in [-0.1, -0.05) is 36.4 Å². The predicted molar refractivity (Wildman–Crippen MR) is 71.7 cm³/mol. The van der Waals surface area contributed by atoms with Gasteiger partial charge < -0.3 is 15.6 Å². The molecule has 0 radical (unpaired) electrons. The SMILES string of the molecule is NC(C(=O)O)c1ccc(OCc2ccccc2)c(F)c1. The summed E-state index contributed by atoms with van der Waals surface area (Å²) in [6.45, 7) is 0.238. The highest BCUT2D eigenvalue weighted by Gasteiger charge is 2.16. The van der Waals surface area contributed by atoms with Gasteiger partial charge in [0.15, 0.2) is 11.6 Å². The Morgan fingerprint density at radius 3 is 2.55 bits per heavy atom. The lowest BCUT2D eigenvalue weighted by atomic mass is 10.1. The van der Waals surface area contributed by atoms with Crippen molar-refractivity contribution in [3.8, 4) is 5.75 Å². The van der Waals surface area contributed by atoms with Crippen LogP contribution in [0.25, 0.3) is 0 Å². The quantitative estimate of drug-likeness (QED) is 0.879. The maximum atomic E-state index is 13.8. The van der Waals surface area contributed by atoms with Crippen molar-refractivity contribution in [2.45, 2.75) is 12.6 Å². The van der Waals surface area contributed by atoms with E-state index in [0.717, 1.165) is 11.6 Å². The summed E-state index contributed by atoms with van der Waals surface area (Å²) < 4.78 is 19.2. The van der Waals surface area contributed by atoms with E-state index >= 15 is 0 Å². The van der Waals surface area contributed by atoms with Crippen molar-refractivity contribution >= 4 is 5.97 Å². The zero-order valence-corrected chi connectivity index (χ0v) is 10.6. The molecule has 2 rings (SSSR count). The van der Waals surface area contributed by atoms with Gasteiger partial charge in [0.05, 0.1) is 0 Å². The molecule has 0 heterocycles. The van der Waals surface area contributed by atoms with Gasteiger partial charge in [0.1, 0.15) is 12.6 Å². The molecular formula is C15H14FNO3. The van der Waals surface area contributed by atoms with Crippen molar-refractivity contribution in [2.24, 2.45) is 5.73 Å². The molecule has 0 aliphatic heterocycles. The molecule has 0 bridgehead atoms. The normalized spacial score (nSPS) is 11.9. The predicted octanol–water partition coefficient (Wildman–Crippen LogP) is 2.49. The number of carboxylic acid groups (broad SMARTS) is 1. The first-order valence-corrected chi connectivity index (χ1v) is 6.02. The average molecular weight is 275 g/mol. The summed E-state index contributed by atoms with van der Waals surface area (Å²) in [6, 6.07) is 12.0. The molecule has 0 amide bonds. The van der Waals surface area contributed by atoms with Crippen LogP contribution in [-0.2, 0) is 11.4 Å². The first-order valence-electron chi connectivity index (χ1n) is 6.02. The molecule has 0 saturated heterocycles. The molecule has 5 heteroatoms. The molecule has 0 aromatic heterocycles. The minimum atomic E-state index is -1.24. The average Bonchev–Trinajstić information content (AvgIpc) is 2.46. The number of halogens is 1. The van der Waals surface area contributed by atoms with Gasteiger partial charge in [-0.15, -0.1) is 0 Å². The fraction of sp³-hybridized carbons (Fsp3) is 0.133. The Kier molecular flexibility index (Phi) is 4.32. The number of carboxylic acids is 1. The largest absolute Gasteiger partial charge is 0.486 e. The summed E-state index contributed by atoms with van der Waals surface area (Å²) in [6.07, 6.45) is 0. The third-order valence-electron chi connectivity index (χ3n) is 2.82. The number of aliphatic carboxylic acids is 1. The van der Waals surface area contributed by atoms with Crippen LogP contribution in [0.15, 0.2) is 48.5 Å². The van der Waals surface area contributed by atoms with Crippen molar-refractivity contribution in [1.82, 2.24) is 0 Å². The van der Waals surface area contributed by atoms with Crippen molar-refractivity contribution in [3.05, 3.63) is 65.5 Å². The summed E-state index contributed by atoms with van der Waals surface area (Å²) in [5, 5.41) is 8.77. The Balaban J connectivity index is 2.08.